The summed E-state index contributed by atoms with van der Waals surface area (Å²) in [5.41, 5.74) is 3.89. The van der Waals surface area contributed by atoms with Crippen molar-refractivity contribution in [1.82, 2.24) is 14.9 Å². The van der Waals surface area contributed by atoms with Gasteiger partial charge in [-0.1, -0.05) is 24.3 Å². The number of amides is 1. The Morgan fingerprint density at radius 2 is 2.18 bits per heavy atom. The highest BCUT2D eigenvalue weighted by Gasteiger charge is 2.30. The summed E-state index contributed by atoms with van der Waals surface area (Å²) in [6, 6.07) is 8.37. The van der Waals surface area contributed by atoms with Gasteiger partial charge in [0.1, 0.15) is 0 Å². The summed E-state index contributed by atoms with van der Waals surface area (Å²) < 4.78 is 0. The van der Waals surface area contributed by atoms with E-state index >= 15 is 0 Å². The third-order valence-electron chi connectivity index (χ3n) is 4.76. The first-order valence-corrected chi connectivity index (χ1v) is 7.63. The van der Waals surface area contributed by atoms with Crippen LogP contribution in [0.3, 0.4) is 0 Å². The Morgan fingerprint density at radius 3 is 3.05 bits per heavy atom. The number of nitrogens with zero attached hydrogens (tertiary/aromatic N) is 2. The summed E-state index contributed by atoms with van der Waals surface area (Å²) in [6.45, 7) is 0.832. The van der Waals surface area contributed by atoms with Crippen molar-refractivity contribution in [3.8, 4) is 0 Å². The molecule has 0 bridgehead atoms. The summed E-state index contributed by atoms with van der Waals surface area (Å²) >= 11 is 0. The zero-order valence-corrected chi connectivity index (χ0v) is 12.2. The number of carbonyl (C=O) groups is 1. The van der Waals surface area contributed by atoms with E-state index < -0.39 is 0 Å². The monoisotopic (exact) mass is 295 g/mol. The van der Waals surface area contributed by atoms with Gasteiger partial charge in [-0.3, -0.25) is 9.59 Å². The van der Waals surface area contributed by atoms with Crippen LogP contribution in [0.2, 0.25) is 0 Å². The van der Waals surface area contributed by atoms with Crippen LogP contribution in [-0.4, -0.2) is 20.8 Å². The number of aryl methyl sites for hydroxylation is 1. The topological polar surface area (TPSA) is 66.1 Å². The molecule has 0 radical (unpaired) electrons. The van der Waals surface area contributed by atoms with Crippen LogP contribution in [0, 0.1) is 0 Å². The number of hydrogen-bond donors (Lipinski definition) is 1. The summed E-state index contributed by atoms with van der Waals surface area (Å²) in [6.07, 6.45) is 4.01. The molecule has 112 valence electrons. The fraction of sp³-hybridized carbons (Fsp3) is 0.353. The van der Waals surface area contributed by atoms with Gasteiger partial charge < -0.3 is 9.88 Å². The number of carbonyl (C=O) groups excluding carboxylic acids is 1. The number of hydrogen-bond acceptors (Lipinski definition) is 3. The molecule has 2 aliphatic rings. The molecule has 2 heterocycles. The average molecular weight is 295 g/mol. The quantitative estimate of drug-likeness (QED) is 0.917. The number of fused-ring (bicyclic) bond motifs is 2. The van der Waals surface area contributed by atoms with Crippen LogP contribution in [0.1, 0.15) is 41.1 Å². The first-order chi connectivity index (χ1) is 10.7. The van der Waals surface area contributed by atoms with Crippen molar-refractivity contribution in [3.05, 3.63) is 63.3 Å². The Kier molecular flexibility index (Phi) is 3.06. The zero-order chi connectivity index (χ0) is 15.1. The highest BCUT2D eigenvalue weighted by atomic mass is 16.2. The van der Waals surface area contributed by atoms with E-state index in [9.17, 15) is 9.59 Å². The van der Waals surface area contributed by atoms with Crippen molar-refractivity contribution in [3.63, 3.8) is 0 Å². The van der Waals surface area contributed by atoms with Crippen molar-refractivity contribution in [2.45, 2.75) is 38.3 Å². The molecule has 1 aromatic heterocycles. The lowest BCUT2D eigenvalue weighted by atomic mass is 9.97. The second kappa shape index (κ2) is 5.09. The summed E-state index contributed by atoms with van der Waals surface area (Å²) in [5, 5.41) is 0. The summed E-state index contributed by atoms with van der Waals surface area (Å²) in [4.78, 5) is 32.8. The maximum atomic E-state index is 12.6. The largest absolute Gasteiger partial charge is 0.332 e. The van der Waals surface area contributed by atoms with Gasteiger partial charge in [-0.15, -0.1) is 0 Å². The maximum Gasteiger partial charge on any atom is 0.256 e. The van der Waals surface area contributed by atoms with Crippen molar-refractivity contribution in [2.75, 3.05) is 0 Å². The van der Waals surface area contributed by atoms with E-state index in [1.807, 2.05) is 6.07 Å². The molecule has 1 N–H and O–H groups in total. The third-order valence-corrected chi connectivity index (χ3v) is 4.76. The van der Waals surface area contributed by atoms with Gasteiger partial charge in [0.05, 0.1) is 30.7 Å². The number of rotatable bonds is 2. The van der Waals surface area contributed by atoms with Gasteiger partial charge in [0.25, 0.3) is 5.56 Å². The number of benzene rings is 1. The fourth-order valence-corrected chi connectivity index (χ4v) is 3.57. The third kappa shape index (κ3) is 2.13. The number of H-pyrrole nitrogens is 1. The highest BCUT2D eigenvalue weighted by Crippen LogP contribution is 2.36. The molecule has 1 amide bonds. The maximum absolute atomic E-state index is 12.6. The van der Waals surface area contributed by atoms with Gasteiger partial charge in [-0.2, -0.15) is 0 Å². The van der Waals surface area contributed by atoms with Crippen LogP contribution in [0.15, 0.2) is 35.4 Å². The SMILES string of the molecule is O=C(CC1CCc2ccccc21)N1Cc2nc[nH]c(=O)c2C1. The average Bonchev–Trinajstić information content (AvgIpc) is 3.13. The number of nitrogens with one attached hydrogen (secondary N) is 1. The minimum absolute atomic E-state index is 0.110. The first-order valence-electron chi connectivity index (χ1n) is 7.63. The Hall–Kier alpha value is -2.43. The summed E-state index contributed by atoms with van der Waals surface area (Å²) in [5.74, 6) is 0.415. The molecule has 1 aliphatic heterocycles. The van der Waals surface area contributed by atoms with Gasteiger partial charge >= 0.3 is 0 Å². The number of aromatic amines is 1. The molecular weight excluding hydrogens is 278 g/mol. The highest BCUT2D eigenvalue weighted by molar-refractivity contribution is 5.78. The second-order valence-electron chi connectivity index (χ2n) is 6.05. The molecule has 5 heteroatoms. The standard InChI is InChI=1S/C17H17N3O2/c21-16(7-12-6-5-11-3-1-2-4-13(11)12)20-8-14-15(9-20)18-10-19-17(14)22/h1-4,10,12H,5-9H2,(H,18,19,22). The fourth-order valence-electron chi connectivity index (χ4n) is 3.57. The second-order valence-corrected chi connectivity index (χ2v) is 6.05. The molecule has 0 saturated heterocycles. The van der Waals surface area contributed by atoms with Gasteiger partial charge in [0.2, 0.25) is 5.91 Å². The molecule has 0 spiro atoms. The normalized spacial score (nSPS) is 19.1. The molecule has 22 heavy (non-hydrogen) atoms. The van der Waals surface area contributed by atoms with Gasteiger partial charge in [-0.05, 0) is 29.9 Å². The van der Waals surface area contributed by atoms with E-state index in [1.165, 1.54) is 17.5 Å². The Balaban J connectivity index is 1.49. The minimum atomic E-state index is -0.133. The Morgan fingerprint density at radius 1 is 1.32 bits per heavy atom. The number of aromatic nitrogens is 2. The molecule has 2 aromatic rings. The van der Waals surface area contributed by atoms with E-state index in [4.69, 9.17) is 0 Å². The van der Waals surface area contributed by atoms with Crippen molar-refractivity contribution in [2.24, 2.45) is 0 Å². The van der Waals surface area contributed by atoms with Gasteiger partial charge in [0.15, 0.2) is 0 Å². The minimum Gasteiger partial charge on any atom is -0.332 e. The molecule has 5 nitrogen and oxygen atoms in total. The molecular formula is C17H17N3O2. The summed E-state index contributed by atoms with van der Waals surface area (Å²) in [7, 11) is 0. The van der Waals surface area contributed by atoms with Crippen LogP contribution in [0.25, 0.3) is 0 Å². The van der Waals surface area contributed by atoms with Crippen LogP contribution in [-0.2, 0) is 24.3 Å². The lowest BCUT2D eigenvalue weighted by molar-refractivity contribution is -0.132. The zero-order valence-electron chi connectivity index (χ0n) is 12.2. The Labute approximate surface area is 128 Å². The first kappa shape index (κ1) is 13.2. The van der Waals surface area contributed by atoms with Crippen molar-refractivity contribution in [1.29, 1.82) is 0 Å². The predicted molar refractivity (Wildman–Crippen MR) is 81.2 cm³/mol. The van der Waals surface area contributed by atoms with Gasteiger partial charge in [0, 0.05) is 6.42 Å². The lowest BCUT2D eigenvalue weighted by Crippen LogP contribution is -2.27. The molecule has 1 atom stereocenters. The van der Waals surface area contributed by atoms with Gasteiger partial charge in [-0.25, -0.2) is 4.98 Å². The van der Waals surface area contributed by atoms with E-state index in [2.05, 4.69) is 28.2 Å². The van der Waals surface area contributed by atoms with E-state index in [1.54, 1.807) is 4.90 Å². The molecule has 1 aromatic carbocycles. The Bertz CT molecular complexity index is 796. The van der Waals surface area contributed by atoms with E-state index in [-0.39, 0.29) is 11.5 Å². The molecule has 1 aliphatic carbocycles. The van der Waals surface area contributed by atoms with Crippen molar-refractivity contribution < 1.29 is 4.79 Å². The molecule has 0 saturated carbocycles. The molecule has 1 unspecified atom stereocenters. The van der Waals surface area contributed by atoms with Crippen molar-refractivity contribution >= 4 is 5.91 Å². The van der Waals surface area contributed by atoms with Crippen LogP contribution >= 0.6 is 0 Å². The smallest absolute Gasteiger partial charge is 0.256 e. The predicted octanol–water partition coefficient (Wildman–Crippen LogP) is 1.73. The molecule has 0 fully saturated rings. The molecule has 4 rings (SSSR count). The van der Waals surface area contributed by atoms with E-state index in [0.29, 0.717) is 31.0 Å². The van der Waals surface area contributed by atoms with E-state index in [0.717, 1.165) is 18.5 Å². The van der Waals surface area contributed by atoms with Crippen LogP contribution < -0.4 is 5.56 Å². The lowest BCUT2D eigenvalue weighted by Gasteiger charge is -2.18. The van der Waals surface area contributed by atoms with Crippen LogP contribution in [0.4, 0.5) is 0 Å². The van der Waals surface area contributed by atoms with Crippen LogP contribution in [0.5, 0.6) is 0 Å².